The minimum absolute atomic E-state index is 0.0445. The van der Waals surface area contributed by atoms with Gasteiger partial charge < -0.3 is 9.84 Å². The van der Waals surface area contributed by atoms with Crippen LogP contribution < -0.4 is 0 Å². The van der Waals surface area contributed by atoms with Gasteiger partial charge in [0.15, 0.2) is 0 Å². The fourth-order valence-corrected chi connectivity index (χ4v) is 4.61. The van der Waals surface area contributed by atoms with Gasteiger partial charge in [0.2, 0.25) is 0 Å². The molecule has 4 heteroatoms. The van der Waals surface area contributed by atoms with Crippen LogP contribution in [0.15, 0.2) is 12.2 Å². The lowest BCUT2D eigenvalue weighted by atomic mass is 9.68. The molecule has 3 rings (SSSR count). The Kier molecular flexibility index (Phi) is 5.14. The smallest absolute Gasteiger partial charge is 0.305 e. The molecule has 0 amide bonds. The predicted molar refractivity (Wildman–Crippen MR) is 91.2 cm³/mol. The summed E-state index contributed by atoms with van der Waals surface area (Å²) in [7, 11) is 0. The van der Waals surface area contributed by atoms with Gasteiger partial charge in [0.1, 0.15) is 12.4 Å². The molecule has 3 aliphatic carbocycles. The topological polar surface area (TPSA) is 63.6 Å². The number of Topliss-reactive ketones (excluding diaryl/α,β-unsaturated/α-hetero) is 1. The molecule has 0 bridgehead atoms. The molecule has 4 nitrogen and oxygen atoms in total. The summed E-state index contributed by atoms with van der Waals surface area (Å²) in [4.78, 5) is 23.9. The maximum atomic E-state index is 12.0. The molecular formula is C20H30O4. The molecule has 0 aromatic heterocycles. The summed E-state index contributed by atoms with van der Waals surface area (Å²) < 4.78 is 5.29. The molecule has 3 fully saturated rings. The van der Waals surface area contributed by atoms with Crippen LogP contribution in [-0.4, -0.2) is 29.1 Å². The van der Waals surface area contributed by atoms with E-state index in [0.29, 0.717) is 25.2 Å². The number of ketones is 1. The lowest BCUT2D eigenvalue weighted by molar-refractivity contribution is -0.150. The molecule has 5 atom stereocenters. The van der Waals surface area contributed by atoms with Gasteiger partial charge in [0.25, 0.3) is 0 Å². The van der Waals surface area contributed by atoms with Crippen molar-refractivity contribution in [3.8, 4) is 0 Å². The zero-order valence-electron chi connectivity index (χ0n) is 14.8. The normalized spacial score (nSPS) is 37.3. The first-order chi connectivity index (χ1) is 11.5. The predicted octanol–water partition coefficient (Wildman–Crippen LogP) is 3.42. The van der Waals surface area contributed by atoms with Crippen molar-refractivity contribution in [2.75, 3.05) is 6.61 Å². The van der Waals surface area contributed by atoms with Crippen molar-refractivity contribution in [3.05, 3.63) is 12.2 Å². The largest absolute Gasteiger partial charge is 0.465 e. The van der Waals surface area contributed by atoms with Crippen molar-refractivity contribution >= 4 is 11.8 Å². The summed E-state index contributed by atoms with van der Waals surface area (Å²) in [5.74, 6) is 0.943. The van der Waals surface area contributed by atoms with Crippen LogP contribution in [0.1, 0.15) is 64.7 Å². The van der Waals surface area contributed by atoms with Crippen LogP contribution >= 0.6 is 0 Å². The van der Waals surface area contributed by atoms with E-state index in [4.69, 9.17) is 4.74 Å². The number of esters is 1. The van der Waals surface area contributed by atoms with Gasteiger partial charge >= 0.3 is 5.97 Å². The molecule has 0 radical (unpaired) electrons. The van der Waals surface area contributed by atoms with E-state index in [2.05, 4.69) is 13.5 Å². The highest BCUT2D eigenvalue weighted by atomic mass is 16.5. The molecule has 0 aromatic rings. The monoisotopic (exact) mass is 334 g/mol. The third kappa shape index (κ3) is 3.44. The zero-order chi connectivity index (χ0) is 17.3. The Hall–Kier alpha value is -1.16. The molecule has 3 aliphatic rings. The third-order valence-electron chi connectivity index (χ3n) is 6.61. The number of hydrogen-bond acceptors (Lipinski definition) is 4. The average molecular weight is 334 g/mol. The van der Waals surface area contributed by atoms with Crippen molar-refractivity contribution in [1.29, 1.82) is 0 Å². The summed E-state index contributed by atoms with van der Waals surface area (Å²) in [6.07, 6.45) is 7.74. The van der Waals surface area contributed by atoms with Crippen LogP contribution in [0.25, 0.3) is 0 Å². The Bertz CT molecular complexity index is 524. The summed E-state index contributed by atoms with van der Waals surface area (Å²) in [5.41, 5.74) is 0.391. The van der Waals surface area contributed by atoms with E-state index in [1.165, 1.54) is 24.8 Å². The molecule has 134 valence electrons. The van der Waals surface area contributed by atoms with Gasteiger partial charge in [-0.15, -0.1) is 0 Å². The highest BCUT2D eigenvalue weighted by Gasteiger charge is 2.62. The van der Waals surface area contributed by atoms with Crippen molar-refractivity contribution in [1.82, 2.24) is 0 Å². The van der Waals surface area contributed by atoms with Gasteiger partial charge in [-0.3, -0.25) is 9.59 Å². The first-order valence-corrected chi connectivity index (χ1v) is 9.54. The van der Waals surface area contributed by atoms with Crippen LogP contribution in [0.5, 0.6) is 0 Å². The molecule has 0 saturated heterocycles. The van der Waals surface area contributed by atoms with Gasteiger partial charge in [0, 0.05) is 12.8 Å². The summed E-state index contributed by atoms with van der Waals surface area (Å²) in [6.45, 7) is 6.47. The fourth-order valence-electron chi connectivity index (χ4n) is 4.61. The standard InChI is InChI=1S/C20H30O4/c1-3-14-7-9-16(14)13(2)5-4-6-19(22)24-12-17-18(21)10-8-15-11-20(15,17)23/h14-17,23H,2-12H2,1H3. The number of rotatable bonds is 8. The fraction of sp³-hybridized carbons (Fsp3) is 0.800. The molecule has 0 heterocycles. The SMILES string of the molecule is C=C(CCCC(=O)OCC1C(=O)CCC2CC21O)C1CCC1CC. The first kappa shape index (κ1) is 17.7. The Morgan fingerprint density at radius 1 is 1.33 bits per heavy atom. The highest BCUT2D eigenvalue weighted by molar-refractivity contribution is 5.84. The van der Waals surface area contributed by atoms with Gasteiger partial charge in [-0.1, -0.05) is 25.5 Å². The third-order valence-corrected chi connectivity index (χ3v) is 6.61. The Labute approximate surface area is 144 Å². The van der Waals surface area contributed by atoms with Crippen LogP contribution in [-0.2, 0) is 14.3 Å². The number of aliphatic hydroxyl groups is 1. The van der Waals surface area contributed by atoms with E-state index in [9.17, 15) is 14.7 Å². The summed E-state index contributed by atoms with van der Waals surface area (Å²) >= 11 is 0. The van der Waals surface area contributed by atoms with Crippen molar-refractivity contribution < 1.29 is 19.4 Å². The number of fused-ring (bicyclic) bond motifs is 1. The van der Waals surface area contributed by atoms with Gasteiger partial charge in [-0.25, -0.2) is 0 Å². The minimum Gasteiger partial charge on any atom is -0.465 e. The van der Waals surface area contributed by atoms with Crippen LogP contribution in [0.4, 0.5) is 0 Å². The molecule has 0 spiro atoms. The lowest BCUT2D eigenvalue weighted by Crippen LogP contribution is -2.39. The van der Waals surface area contributed by atoms with Crippen molar-refractivity contribution in [2.45, 2.75) is 70.3 Å². The van der Waals surface area contributed by atoms with E-state index < -0.39 is 11.5 Å². The van der Waals surface area contributed by atoms with E-state index in [1.807, 2.05) is 0 Å². The molecule has 24 heavy (non-hydrogen) atoms. The highest BCUT2D eigenvalue weighted by Crippen LogP contribution is 2.55. The second-order valence-corrected chi connectivity index (χ2v) is 8.00. The molecule has 3 saturated carbocycles. The van der Waals surface area contributed by atoms with Crippen LogP contribution in [0, 0.1) is 23.7 Å². The quantitative estimate of drug-likeness (QED) is 0.546. The maximum absolute atomic E-state index is 12.0. The second-order valence-electron chi connectivity index (χ2n) is 8.00. The number of carbonyl (C=O) groups excluding carboxylic acids is 2. The number of ether oxygens (including phenoxy) is 1. The minimum atomic E-state index is -0.886. The Balaban J connectivity index is 1.34. The van der Waals surface area contributed by atoms with E-state index in [-0.39, 0.29) is 24.3 Å². The molecular weight excluding hydrogens is 304 g/mol. The second kappa shape index (κ2) is 6.99. The lowest BCUT2D eigenvalue weighted by Gasteiger charge is -2.37. The maximum Gasteiger partial charge on any atom is 0.305 e. The van der Waals surface area contributed by atoms with Crippen molar-refractivity contribution in [3.63, 3.8) is 0 Å². The Morgan fingerprint density at radius 3 is 2.79 bits per heavy atom. The van der Waals surface area contributed by atoms with E-state index in [0.717, 1.165) is 25.2 Å². The number of allylic oxidation sites excluding steroid dienone is 1. The van der Waals surface area contributed by atoms with Gasteiger partial charge in [-0.05, 0) is 56.3 Å². The number of hydrogen-bond donors (Lipinski definition) is 1. The van der Waals surface area contributed by atoms with E-state index >= 15 is 0 Å². The molecule has 0 aliphatic heterocycles. The average Bonchev–Trinajstić information content (AvgIpc) is 3.17. The van der Waals surface area contributed by atoms with Crippen LogP contribution in [0.3, 0.4) is 0 Å². The zero-order valence-corrected chi connectivity index (χ0v) is 14.8. The van der Waals surface area contributed by atoms with Crippen LogP contribution in [0.2, 0.25) is 0 Å². The summed E-state index contributed by atoms with van der Waals surface area (Å²) in [6, 6.07) is 0. The first-order valence-electron chi connectivity index (χ1n) is 9.54. The Morgan fingerprint density at radius 2 is 2.12 bits per heavy atom. The van der Waals surface area contributed by atoms with Gasteiger partial charge in [0.05, 0.1) is 11.5 Å². The number of carbonyl (C=O) groups is 2. The van der Waals surface area contributed by atoms with Gasteiger partial charge in [-0.2, -0.15) is 0 Å². The molecule has 0 aromatic carbocycles. The molecule has 5 unspecified atom stereocenters. The summed E-state index contributed by atoms with van der Waals surface area (Å²) in [5, 5.41) is 10.4. The molecule has 1 N–H and O–H groups in total. The van der Waals surface area contributed by atoms with Crippen molar-refractivity contribution in [2.24, 2.45) is 23.7 Å². The van der Waals surface area contributed by atoms with E-state index in [1.54, 1.807) is 0 Å².